The summed E-state index contributed by atoms with van der Waals surface area (Å²) in [6, 6.07) is 1.89. The molecule has 4 saturated carbocycles. The quantitative estimate of drug-likeness (QED) is 0.555. The molecule has 4 aliphatic carbocycles. The normalized spacial score (nSPS) is 30.9. The number of carbonyl (C=O) groups is 4. The van der Waals surface area contributed by atoms with Crippen LogP contribution >= 0.6 is 0 Å². The fraction of sp³-hybridized carbons (Fsp3) is 0.679. The molecule has 1 aliphatic heterocycles. The fourth-order valence-corrected chi connectivity index (χ4v) is 7.46. The van der Waals surface area contributed by atoms with Crippen LogP contribution in [-0.4, -0.2) is 58.7 Å². The lowest BCUT2D eigenvalue weighted by Gasteiger charge is -2.56. The highest BCUT2D eigenvalue weighted by atomic mass is 16.5. The Morgan fingerprint density at radius 1 is 1.08 bits per heavy atom. The number of rotatable bonds is 8. The number of carbonyl (C=O) groups excluding carboxylic acids is 4. The van der Waals surface area contributed by atoms with Gasteiger partial charge in [-0.05, 0) is 86.3 Å². The number of ether oxygens (including phenoxy) is 1. The van der Waals surface area contributed by atoms with Gasteiger partial charge in [0.25, 0.3) is 0 Å². The molecule has 6 rings (SSSR count). The van der Waals surface area contributed by atoms with E-state index in [1.807, 2.05) is 13.8 Å². The lowest BCUT2D eigenvalue weighted by Crippen LogP contribution is -2.55. The van der Waals surface area contributed by atoms with E-state index in [1.165, 1.54) is 19.3 Å². The molecule has 3 amide bonds. The first-order valence-corrected chi connectivity index (χ1v) is 13.7. The highest BCUT2D eigenvalue weighted by molar-refractivity contribution is 5.98. The molecule has 2 N–H and O–H groups in total. The Kier molecular flexibility index (Phi) is 7.23. The van der Waals surface area contributed by atoms with Gasteiger partial charge in [-0.2, -0.15) is 0 Å². The summed E-state index contributed by atoms with van der Waals surface area (Å²) in [5.74, 6) is 1.57. The molecule has 1 unspecified atom stereocenters. The van der Waals surface area contributed by atoms with E-state index >= 15 is 0 Å². The van der Waals surface area contributed by atoms with Crippen LogP contribution in [0.25, 0.3) is 0 Å². The van der Waals surface area contributed by atoms with Gasteiger partial charge in [-0.3, -0.25) is 19.4 Å². The minimum absolute atomic E-state index is 0.0434. The van der Waals surface area contributed by atoms with E-state index in [-0.39, 0.29) is 42.7 Å². The van der Waals surface area contributed by atoms with Crippen LogP contribution < -0.4 is 10.6 Å². The first kappa shape index (κ1) is 25.7. The summed E-state index contributed by atoms with van der Waals surface area (Å²) >= 11 is 0. The van der Waals surface area contributed by atoms with Crippen LogP contribution in [0.3, 0.4) is 0 Å². The van der Waals surface area contributed by atoms with E-state index in [1.54, 1.807) is 29.4 Å². The zero-order chi connectivity index (χ0) is 26.2. The first-order chi connectivity index (χ1) is 17.7. The molecule has 0 radical (unpaired) electrons. The molecule has 9 nitrogen and oxygen atoms in total. The van der Waals surface area contributed by atoms with E-state index < -0.39 is 24.1 Å². The summed E-state index contributed by atoms with van der Waals surface area (Å²) in [5, 5.41) is 5.46. The zero-order valence-corrected chi connectivity index (χ0v) is 21.8. The standard InChI is InChI=1S/C28H38N4O5/c1-17(2)7-22(31-27(36)37-16-18-3-5-29-6-4-18)25(34)30-23-14-32(15-24(23)33)26(35)28-11-19-8-20(12-28)10-21(9-19)13-28/h3-6,17,19-23H,7-16H2,1-2H3,(H,30,34)(H,31,36)/t19?,20?,21?,22-,23?,28?/m0/s1. The lowest BCUT2D eigenvalue weighted by atomic mass is 9.49. The largest absolute Gasteiger partial charge is 0.445 e. The van der Waals surface area contributed by atoms with Crippen molar-refractivity contribution in [2.75, 3.05) is 13.1 Å². The predicted molar refractivity (Wildman–Crippen MR) is 135 cm³/mol. The zero-order valence-electron chi connectivity index (χ0n) is 21.8. The second-order valence-corrected chi connectivity index (χ2v) is 12.2. The van der Waals surface area contributed by atoms with Gasteiger partial charge in [-0.1, -0.05) is 13.8 Å². The Labute approximate surface area is 218 Å². The number of hydrogen-bond donors (Lipinski definition) is 2. The van der Waals surface area contributed by atoms with Gasteiger partial charge in [0.15, 0.2) is 5.78 Å². The van der Waals surface area contributed by atoms with Gasteiger partial charge in [0.1, 0.15) is 18.7 Å². The topological polar surface area (TPSA) is 118 Å². The lowest BCUT2D eigenvalue weighted by molar-refractivity contribution is -0.157. The first-order valence-electron chi connectivity index (χ1n) is 13.7. The third-order valence-corrected chi connectivity index (χ3v) is 8.67. The number of ketones is 1. The fourth-order valence-electron chi connectivity index (χ4n) is 7.46. The molecule has 5 aliphatic rings. The molecule has 0 aromatic carbocycles. The molecule has 2 heterocycles. The number of aromatic nitrogens is 1. The Morgan fingerprint density at radius 3 is 2.30 bits per heavy atom. The molecule has 200 valence electrons. The average Bonchev–Trinajstić information content (AvgIpc) is 3.21. The van der Waals surface area contributed by atoms with Gasteiger partial charge >= 0.3 is 6.09 Å². The SMILES string of the molecule is CC(C)C[C@H](NC(=O)OCc1ccncc1)C(=O)NC1CN(C(=O)C23CC4CC(CC(C4)C2)C3)CC1=O. The number of Topliss-reactive ketones (excluding diaryl/α,β-unsaturated/α-hetero) is 1. The van der Waals surface area contributed by atoms with Gasteiger partial charge in [-0.15, -0.1) is 0 Å². The summed E-state index contributed by atoms with van der Waals surface area (Å²) in [6.07, 6.45) is 9.51. The van der Waals surface area contributed by atoms with Crippen LogP contribution in [0.1, 0.15) is 64.4 Å². The summed E-state index contributed by atoms with van der Waals surface area (Å²) in [5.41, 5.74) is 0.476. The van der Waals surface area contributed by atoms with Crippen molar-refractivity contribution in [1.82, 2.24) is 20.5 Å². The molecule has 37 heavy (non-hydrogen) atoms. The van der Waals surface area contributed by atoms with Crippen molar-refractivity contribution in [1.29, 1.82) is 0 Å². The minimum Gasteiger partial charge on any atom is -0.445 e. The predicted octanol–water partition coefficient (Wildman–Crippen LogP) is 2.83. The highest BCUT2D eigenvalue weighted by Crippen LogP contribution is 2.60. The van der Waals surface area contributed by atoms with E-state index in [0.717, 1.165) is 24.8 Å². The maximum absolute atomic E-state index is 13.7. The van der Waals surface area contributed by atoms with Crippen molar-refractivity contribution >= 4 is 23.7 Å². The van der Waals surface area contributed by atoms with Crippen LogP contribution in [0.4, 0.5) is 4.79 Å². The van der Waals surface area contributed by atoms with Crippen molar-refractivity contribution in [3.63, 3.8) is 0 Å². The van der Waals surface area contributed by atoms with Gasteiger partial charge in [0, 0.05) is 18.9 Å². The minimum atomic E-state index is -0.842. The van der Waals surface area contributed by atoms with Gasteiger partial charge < -0.3 is 20.3 Å². The number of nitrogens with zero attached hydrogens (tertiary/aromatic N) is 2. The van der Waals surface area contributed by atoms with E-state index in [4.69, 9.17) is 4.74 Å². The summed E-state index contributed by atoms with van der Waals surface area (Å²) in [7, 11) is 0. The highest BCUT2D eigenvalue weighted by Gasteiger charge is 2.56. The second-order valence-electron chi connectivity index (χ2n) is 12.2. The van der Waals surface area contributed by atoms with E-state index in [0.29, 0.717) is 24.2 Å². The van der Waals surface area contributed by atoms with Crippen molar-refractivity contribution in [2.24, 2.45) is 29.1 Å². The maximum atomic E-state index is 13.7. The van der Waals surface area contributed by atoms with Gasteiger partial charge in [0.05, 0.1) is 12.0 Å². The Morgan fingerprint density at radius 2 is 1.70 bits per heavy atom. The maximum Gasteiger partial charge on any atom is 0.408 e. The third kappa shape index (κ3) is 5.65. The van der Waals surface area contributed by atoms with Crippen molar-refractivity contribution < 1.29 is 23.9 Å². The van der Waals surface area contributed by atoms with Gasteiger partial charge in [-0.25, -0.2) is 4.79 Å². The Balaban J connectivity index is 1.17. The molecule has 0 spiro atoms. The van der Waals surface area contributed by atoms with Crippen LogP contribution in [-0.2, 0) is 25.7 Å². The van der Waals surface area contributed by atoms with Crippen LogP contribution in [0.15, 0.2) is 24.5 Å². The summed E-state index contributed by atoms with van der Waals surface area (Å²) in [6.45, 7) is 4.22. The molecular formula is C28H38N4O5. The molecular weight excluding hydrogens is 472 g/mol. The molecule has 1 aromatic heterocycles. The molecule has 5 fully saturated rings. The smallest absolute Gasteiger partial charge is 0.408 e. The number of pyridine rings is 1. The molecule has 9 heteroatoms. The summed E-state index contributed by atoms with van der Waals surface area (Å²) in [4.78, 5) is 57.7. The number of nitrogens with one attached hydrogen (secondary N) is 2. The van der Waals surface area contributed by atoms with E-state index in [9.17, 15) is 19.2 Å². The molecule has 1 saturated heterocycles. The number of likely N-dealkylation sites (tertiary alicyclic amines) is 1. The van der Waals surface area contributed by atoms with Crippen LogP contribution in [0, 0.1) is 29.1 Å². The van der Waals surface area contributed by atoms with Crippen LogP contribution in [0.5, 0.6) is 0 Å². The van der Waals surface area contributed by atoms with Gasteiger partial charge in [0.2, 0.25) is 11.8 Å². The van der Waals surface area contributed by atoms with Crippen LogP contribution in [0.2, 0.25) is 0 Å². The van der Waals surface area contributed by atoms with Crippen molar-refractivity contribution in [3.8, 4) is 0 Å². The molecule has 1 aromatic rings. The second kappa shape index (κ2) is 10.4. The van der Waals surface area contributed by atoms with Crippen molar-refractivity contribution in [3.05, 3.63) is 30.1 Å². The number of amides is 3. The Hall–Kier alpha value is -2.97. The third-order valence-electron chi connectivity index (χ3n) is 8.67. The number of hydrogen-bond acceptors (Lipinski definition) is 6. The Bertz CT molecular complexity index is 1010. The number of alkyl carbamates (subject to hydrolysis) is 1. The molecule has 2 atom stereocenters. The molecule has 4 bridgehead atoms. The average molecular weight is 511 g/mol. The summed E-state index contributed by atoms with van der Waals surface area (Å²) < 4.78 is 5.27. The monoisotopic (exact) mass is 510 g/mol. The van der Waals surface area contributed by atoms with E-state index in [2.05, 4.69) is 15.6 Å². The van der Waals surface area contributed by atoms with Crippen molar-refractivity contribution in [2.45, 2.75) is 77.5 Å².